The Hall–Kier alpha value is -0.420. The van der Waals surface area contributed by atoms with E-state index in [9.17, 15) is 0 Å². The van der Waals surface area contributed by atoms with Gasteiger partial charge in [-0.25, -0.2) is 9.78 Å². The summed E-state index contributed by atoms with van der Waals surface area (Å²) in [6.45, 7) is 0. The first-order chi connectivity index (χ1) is 8.66. The zero-order chi connectivity index (χ0) is 12.4. The highest BCUT2D eigenvalue weighted by atomic mass is 79.9. The third-order valence-corrected chi connectivity index (χ3v) is 6.11. The van der Waals surface area contributed by atoms with Crippen molar-refractivity contribution < 1.29 is 9.78 Å². The first-order valence-corrected chi connectivity index (χ1v) is 7.44. The molecule has 4 unspecified atom stereocenters. The topological polar surface area (TPSA) is 18.5 Å². The Bertz CT molecular complexity index is 532. The number of hydrogen-bond donors (Lipinski definition) is 0. The molecule has 0 spiro atoms. The fraction of sp³-hybridized carbons (Fsp3) is 0.286. The molecule has 2 nitrogen and oxygen atoms in total. The molecule has 5 rings (SSSR count). The smallest absolute Gasteiger partial charge is 0.190 e. The van der Waals surface area contributed by atoms with Gasteiger partial charge in [-0.05, 0) is 31.9 Å². The van der Waals surface area contributed by atoms with Crippen molar-refractivity contribution in [3.8, 4) is 0 Å². The van der Waals surface area contributed by atoms with Crippen LogP contribution in [0.4, 0.5) is 0 Å². The number of benzene rings is 1. The van der Waals surface area contributed by atoms with Gasteiger partial charge in [0.15, 0.2) is 9.02 Å². The Balaban J connectivity index is 2.04. The van der Waals surface area contributed by atoms with Crippen LogP contribution in [0.2, 0.25) is 0 Å². The molecule has 2 aliphatic carbocycles. The molecule has 4 aliphatic rings. The van der Waals surface area contributed by atoms with Gasteiger partial charge >= 0.3 is 0 Å². The van der Waals surface area contributed by atoms with Gasteiger partial charge in [-0.1, -0.05) is 48.6 Å². The molecule has 2 heterocycles. The van der Waals surface area contributed by atoms with Gasteiger partial charge in [0.2, 0.25) is 0 Å². The van der Waals surface area contributed by atoms with Crippen LogP contribution in [0.3, 0.4) is 0 Å². The number of halogens is 2. The molecular formula is C14H10Br2O2. The lowest BCUT2D eigenvalue weighted by Gasteiger charge is -2.55. The molecule has 0 N–H and O–H groups in total. The van der Waals surface area contributed by atoms with Gasteiger partial charge in [-0.15, -0.1) is 0 Å². The van der Waals surface area contributed by atoms with E-state index in [1.165, 1.54) is 0 Å². The molecule has 4 atom stereocenters. The van der Waals surface area contributed by atoms with Crippen molar-refractivity contribution >= 4 is 31.9 Å². The van der Waals surface area contributed by atoms with E-state index >= 15 is 0 Å². The SMILES string of the molecule is BrC12OOC(Br)(c3ccccc31)C1C=CC=CC12. The summed E-state index contributed by atoms with van der Waals surface area (Å²) in [6.07, 6.45) is 8.47. The van der Waals surface area contributed by atoms with Gasteiger partial charge in [-0.2, -0.15) is 0 Å². The summed E-state index contributed by atoms with van der Waals surface area (Å²) in [5, 5.41) is 0. The van der Waals surface area contributed by atoms with Crippen LogP contribution in [-0.2, 0) is 18.8 Å². The molecule has 0 amide bonds. The zero-order valence-electron chi connectivity index (χ0n) is 9.35. The minimum Gasteiger partial charge on any atom is -0.211 e. The van der Waals surface area contributed by atoms with Crippen molar-refractivity contribution in [2.24, 2.45) is 11.8 Å². The van der Waals surface area contributed by atoms with Crippen LogP contribution in [0.25, 0.3) is 0 Å². The largest absolute Gasteiger partial charge is 0.211 e. The molecule has 0 saturated carbocycles. The van der Waals surface area contributed by atoms with Gasteiger partial charge in [0.25, 0.3) is 0 Å². The summed E-state index contributed by atoms with van der Waals surface area (Å²) in [6, 6.07) is 8.23. The average molecular weight is 370 g/mol. The van der Waals surface area contributed by atoms with E-state index < -0.39 is 9.02 Å². The van der Waals surface area contributed by atoms with Crippen LogP contribution >= 0.6 is 31.9 Å². The predicted molar refractivity (Wildman–Crippen MR) is 75.1 cm³/mol. The minimum atomic E-state index is -0.592. The number of hydrogen-bond acceptors (Lipinski definition) is 2. The molecule has 1 fully saturated rings. The lowest BCUT2D eigenvalue weighted by atomic mass is 9.69. The van der Waals surface area contributed by atoms with Crippen LogP contribution in [0.5, 0.6) is 0 Å². The van der Waals surface area contributed by atoms with E-state index in [-0.39, 0.29) is 11.8 Å². The molecule has 4 heteroatoms. The van der Waals surface area contributed by atoms with Crippen LogP contribution in [0.15, 0.2) is 48.6 Å². The van der Waals surface area contributed by atoms with Crippen molar-refractivity contribution in [3.05, 3.63) is 59.7 Å². The quantitative estimate of drug-likeness (QED) is 0.506. The Labute approximate surface area is 122 Å². The molecule has 1 aromatic rings. The van der Waals surface area contributed by atoms with Crippen molar-refractivity contribution in [3.63, 3.8) is 0 Å². The summed E-state index contributed by atoms with van der Waals surface area (Å²) in [5.74, 6) is 0.427. The lowest BCUT2D eigenvalue weighted by Crippen LogP contribution is -2.56. The molecule has 1 saturated heterocycles. The number of rotatable bonds is 0. The molecule has 2 bridgehead atoms. The second-order valence-corrected chi connectivity index (χ2v) is 7.18. The van der Waals surface area contributed by atoms with Crippen molar-refractivity contribution in [1.29, 1.82) is 0 Å². The van der Waals surface area contributed by atoms with Crippen molar-refractivity contribution in [2.75, 3.05) is 0 Å². The minimum absolute atomic E-state index is 0.213. The summed E-state index contributed by atoms with van der Waals surface area (Å²) >= 11 is 7.49. The monoisotopic (exact) mass is 368 g/mol. The molecule has 92 valence electrons. The molecule has 1 aromatic carbocycles. The van der Waals surface area contributed by atoms with Gasteiger partial charge in [0.1, 0.15) is 0 Å². The van der Waals surface area contributed by atoms with Gasteiger partial charge in [0.05, 0.1) is 0 Å². The second kappa shape index (κ2) is 3.57. The van der Waals surface area contributed by atoms with E-state index in [2.05, 4.69) is 68.3 Å². The maximum atomic E-state index is 5.65. The molecule has 0 aromatic heterocycles. The van der Waals surface area contributed by atoms with E-state index in [0.717, 1.165) is 11.1 Å². The van der Waals surface area contributed by atoms with Gasteiger partial charge in [0, 0.05) is 23.0 Å². The Kier molecular flexibility index (Phi) is 2.26. The summed E-state index contributed by atoms with van der Waals surface area (Å²) in [7, 11) is 0. The van der Waals surface area contributed by atoms with Gasteiger partial charge in [-0.3, -0.25) is 0 Å². The standard InChI is InChI=1S/C14H10Br2O2/c15-13-9-5-1-2-6-10(9)14(16,18-17-13)12-8-4-3-7-11(12)13/h1-10H. The van der Waals surface area contributed by atoms with Gasteiger partial charge < -0.3 is 0 Å². The summed E-state index contributed by atoms with van der Waals surface area (Å²) in [4.78, 5) is 11.3. The molecule has 0 radical (unpaired) electrons. The number of allylic oxidation sites excluding steroid dienone is 2. The Morgan fingerprint density at radius 1 is 0.833 bits per heavy atom. The van der Waals surface area contributed by atoms with Crippen LogP contribution < -0.4 is 0 Å². The molecule has 18 heavy (non-hydrogen) atoms. The fourth-order valence-electron chi connectivity index (χ4n) is 3.08. The Morgan fingerprint density at radius 2 is 1.28 bits per heavy atom. The normalized spacial score (nSPS) is 43.7. The number of alkyl halides is 2. The second-order valence-electron chi connectivity index (χ2n) is 4.82. The van der Waals surface area contributed by atoms with Crippen LogP contribution in [0, 0.1) is 11.8 Å². The molecular weight excluding hydrogens is 360 g/mol. The third kappa shape index (κ3) is 1.20. The summed E-state index contributed by atoms with van der Waals surface area (Å²) < 4.78 is -1.18. The molecule has 2 aliphatic heterocycles. The fourth-order valence-corrected chi connectivity index (χ4v) is 4.77. The van der Waals surface area contributed by atoms with Crippen molar-refractivity contribution in [1.82, 2.24) is 0 Å². The maximum Gasteiger partial charge on any atom is 0.190 e. The third-order valence-electron chi connectivity index (χ3n) is 3.94. The highest BCUT2D eigenvalue weighted by molar-refractivity contribution is 9.10. The lowest BCUT2D eigenvalue weighted by molar-refractivity contribution is -0.431. The maximum absolute atomic E-state index is 5.65. The van der Waals surface area contributed by atoms with E-state index in [1.807, 2.05) is 12.1 Å². The average Bonchev–Trinajstić information content (AvgIpc) is 2.43. The van der Waals surface area contributed by atoms with Crippen LogP contribution in [0.1, 0.15) is 11.1 Å². The van der Waals surface area contributed by atoms with E-state index in [1.54, 1.807) is 0 Å². The first-order valence-electron chi connectivity index (χ1n) is 5.86. The van der Waals surface area contributed by atoms with E-state index in [4.69, 9.17) is 9.78 Å². The Morgan fingerprint density at radius 3 is 1.72 bits per heavy atom. The highest BCUT2D eigenvalue weighted by Crippen LogP contribution is 2.65. The van der Waals surface area contributed by atoms with E-state index in [0.29, 0.717) is 0 Å². The first kappa shape index (κ1) is 11.4. The van der Waals surface area contributed by atoms with Crippen molar-refractivity contribution in [2.45, 2.75) is 9.02 Å². The number of fused-ring (bicyclic) bond motifs is 1. The van der Waals surface area contributed by atoms with Crippen LogP contribution in [-0.4, -0.2) is 0 Å². The predicted octanol–water partition coefficient (Wildman–Crippen LogP) is 4.12. The zero-order valence-corrected chi connectivity index (χ0v) is 12.5. The highest BCUT2D eigenvalue weighted by Gasteiger charge is 2.63. The summed E-state index contributed by atoms with van der Waals surface area (Å²) in [5.41, 5.74) is 2.27.